The molecule has 0 unspecified atom stereocenters. The van der Waals surface area contributed by atoms with Gasteiger partial charge in [-0.1, -0.05) is 164 Å². The molecule has 2 heterocycles. The number of fused-ring (bicyclic) bond motifs is 1. The number of benzene rings is 7. The number of hydrogen-bond acceptors (Lipinski definition) is 3. The molecule has 9 aromatic rings. The quantitative estimate of drug-likeness (QED) is 0.166. The van der Waals surface area contributed by atoms with Gasteiger partial charge in [0.25, 0.3) is 0 Å². The highest BCUT2D eigenvalue weighted by molar-refractivity contribution is 5.98. The van der Waals surface area contributed by atoms with Crippen LogP contribution in [0.2, 0.25) is 0 Å². The maximum absolute atomic E-state index is 12.4. The number of nitrogens with zero attached hydrogens (tertiary/aromatic N) is 3. The van der Waals surface area contributed by atoms with Gasteiger partial charge in [-0.25, -0.2) is 4.98 Å². The van der Waals surface area contributed by atoms with Crippen molar-refractivity contribution in [1.29, 1.82) is 0 Å². The van der Waals surface area contributed by atoms with Crippen LogP contribution in [0.25, 0.3) is 83.9 Å². The maximum atomic E-state index is 12.4. The molecule has 0 atom stereocenters. The molecule has 9 rings (SSSR count). The van der Waals surface area contributed by atoms with Gasteiger partial charge in [0.15, 0.2) is 0 Å². The van der Waals surface area contributed by atoms with Gasteiger partial charge >= 0.3 is 0 Å². The number of imidazole rings is 1. The molecule has 64 heavy (non-hydrogen) atoms. The lowest BCUT2D eigenvalue weighted by molar-refractivity contribution is 0.448. The number of phenols is 1. The molecule has 318 valence electrons. The number of hydrogen-bond donors (Lipinski definition) is 1. The Balaban J connectivity index is 1.35. The second kappa shape index (κ2) is 16.6. The van der Waals surface area contributed by atoms with E-state index in [9.17, 15) is 5.11 Å². The molecule has 1 N–H and O–H groups in total. The zero-order valence-corrected chi connectivity index (χ0v) is 37.0. The molecule has 7 aromatic carbocycles. The minimum atomic E-state index is -3.49. The highest BCUT2D eigenvalue weighted by Gasteiger charge is 2.27. The first-order valence-corrected chi connectivity index (χ1v) is 21.5. The topological polar surface area (TPSA) is 50.9 Å². The monoisotopic (exact) mass is 846 g/mol. The fraction of sp³-hybridized carbons (Fsp3) is 0.200. The molecule has 0 spiro atoms. The van der Waals surface area contributed by atoms with Crippen LogP contribution in [-0.4, -0.2) is 19.6 Å². The normalized spacial score (nSPS) is 15.1. The van der Waals surface area contributed by atoms with Gasteiger partial charge in [0.1, 0.15) is 11.6 Å². The largest absolute Gasteiger partial charge is 0.507 e. The molecule has 0 fully saturated rings. The SMILES string of the molecule is [2H]C(C)(C)c1ccc(-c2ccnc(-c3cc(-c4ccccc4)cc(-c4cccc5c4nc(-c4cc(C)cc(C(C)(C)C)c4O)n5-c4ccc(C(C([2H])([2H])[2H])(C([2H])([2H])[2H])C([2H])([2H])[2H])cc4-c4ccccc4)c3)c2)cc1. The van der Waals surface area contributed by atoms with E-state index >= 15 is 0 Å². The molecule has 0 amide bonds. The third-order valence-electron chi connectivity index (χ3n) is 11.9. The Kier molecular flexibility index (Phi) is 8.23. The van der Waals surface area contributed by atoms with Gasteiger partial charge in [-0.2, -0.15) is 0 Å². The van der Waals surface area contributed by atoms with Crippen molar-refractivity contribution in [2.24, 2.45) is 0 Å². The van der Waals surface area contributed by atoms with Crippen molar-refractivity contribution in [3.8, 4) is 78.6 Å². The minimum Gasteiger partial charge on any atom is -0.507 e. The van der Waals surface area contributed by atoms with Crippen LogP contribution in [-0.2, 0) is 10.8 Å². The molecule has 4 heteroatoms. The van der Waals surface area contributed by atoms with E-state index in [0.717, 1.165) is 55.8 Å². The Bertz CT molecular complexity index is 3510. The van der Waals surface area contributed by atoms with Crippen molar-refractivity contribution >= 4 is 11.0 Å². The van der Waals surface area contributed by atoms with E-state index in [1.807, 2.05) is 131 Å². The van der Waals surface area contributed by atoms with Crippen LogP contribution >= 0.6 is 0 Å². The standard InChI is InChI=1S/C60H57N3O/c1-38(2)40-23-25-42(26-24-40)44-29-30-61-53(36-44)47-34-45(41-17-12-10-13-18-41)33-46(35-47)49-21-16-22-55-56(49)62-58(51-31-39(3)32-52(57(51)64)60(7,8)9)63(55)54-28-27-48(59(4,5)6)37-50(54)43-19-14-11-15-20-43/h10-38,64H,1-9H3/i4D3,5D3,6D3,38D. The van der Waals surface area contributed by atoms with Crippen molar-refractivity contribution in [1.82, 2.24) is 14.5 Å². The van der Waals surface area contributed by atoms with Gasteiger partial charge in [-0.15, -0.1) is 0 Å². The van der Waals surface area contributed by atoms with Crippen molar-refractivity contribution in [3.05, 3.63) is 192 Å². The number of aromatic nitrogens is 3. The fourth-order valence-electron chi connectivity index (χ4n) is 8.58. The number of aryl methyl sites for hydroxylation is 1. The molecular weight excluding hydrogens is 779 g/mol. The summed E-state index contributed by atoms with van der Waals surface area (Å²) in [4.78, 5) is 10.4. The minimum absolute atomic E-state index is 0.0164. The number of phenolic OH excluding ortho intramolecular Hbond substituents is 1. The second-order valence-corrected chi connectivity index (χ2v) is 17.9. The third-order valence-corrected chi connectivity index (χ3v) is 11.9. The van der Waals surface area contributed by atoms with Gasteiger partial charge in [0.2, 0.25) is 0 Å². The molecular formula is C60H57N3O. The summed E-state index contributed by atoms with van der Waals surface area (Å²) in [6.07, 6.45) is 1.80. The summed E-state index contributed by atoms with van der Waals surface area (Å²) in [5.74, 6) is -0.383. The van der Waals surface area contributed by atoms with Gasteiger partial charge in [-0.3, -0.25) is 9.55 Å². The van der Waals surface area contributed by atoms with Crippen LogP contribution in [0, 0.1) is 6.92 Å². The van der Waals surface area contributed by atoms with Crippen LogP contribution in [0.15, 0.2) is 170 Å². The fourth-order valence-corrected chi connectivity index (χ4v) is 8.58. The summed E-state index contributed by atoms with van der Waals surface area (Å²) in [7, 11) is 0. The van der Waals surface area contributed by atoms with Crippen molar-refractivity contribution in [2.75, 3.05) is 0 Å². The molecule has 0 radical (unpaired) electrons. The average molecular weight is 846 g/mol. The molecule has 0 saturated heterocycles. The van der Waals surface area contributed by atoms with Gasteiger partial charge < -0.3 is 5.11 Å². The first-order valence-electron chi connectivity index (χ1n) is 26.5. The number of aromatic hydroxyl groups is 1. The first kappa shape index (κ1) is 31.7. The average Bonchev–Trinajstić information content (AvgIpc) is 3.73. The van der Waals surface area contributed by atoms with E-state index in [-0.39, 0.29) is 5.75 Å². The van der Waals surface area contributed by atoms with E-state index in [2.05, 4.69) is 36.4 Å². The molecule has 0 bridgehead atoms. The summed E-state index contributed by atoms with van der Waals surface area (Å²) in [6.45, 7) is 1.26. The first-order chi connectivity index (χ1) is 34.7. The third kappa shape index (κ3) is 8.17. The highest BCUT2D eigenvalue weighted by Crippen LogP contribution is 2.45. The highest BCUT2D eigenvalue weighted by atomic mass is 16.3. The van der Waals surface area contributed by atoms with E-state index in [4.69, 9.17) is 23.7 Å². The van der Waals surface area contributed by atoms with Crippen LogP contribution in [0.5, 0.6) is 5.75 Å². The molecule has 0 aliphatic heterocycles. The van der Waals surface area contributed by atoms with Crippen molar-refractivity contribution in [3.63, 3.8) is 0 Å². The van der Waals surface area contributed by atoms with Crippen molar-refractivity contribution < 1.29 is 18.8 Å². The zero-order chi connectivity index (χ0) is 53.3. The number of rotatable bonds is 8. The Morgan fingerprint density at radius 1 is 0.578 bits per heavy atom. The van der Waals surface area contributed by atoms with Crippen molar-refractivity contribution in [2.45, 2.75) is 78.8 Å². The Morgan fingerprint density at radius 3 is 1.94 bits per heavy atom. The Hall–Kier alpha value is -7.04. The molecule has 4 nitrogen and oxygen atoms in total. The molecule has 2 aromatic heterocycles. The van der Waals surface area contributed by atoms with Crippen LogP contribution < -0.4 is 0 Å². The summed E-state index contributed by atoms with van der Waals surface area (Å²) in [5.41, 5.74) is 8.22. The summed E-state index contributed by atoms with van der Waals surface area (Å²) in [5, 5.41) is 12.4. The lowest BCUT2D eigenvalue weighted by Gasteiger charge is -2.24. The predicted molar refractivity (Wildman–Crippen MR) is 269 cm³/mol. The second-order valence-electron chi connectivity index (χ2n) is 17.9. The Morgan fingerprint density at radius 2 is 1.25 bits per heavy atom. The van der Waals surface area contributed by atoms with Crippen LogP contribution in [0.4, 0.5) is 0 Å². The summed E-state index contributed by atoms with van der Waals surface area (Å²) >= 11 is 0. The van der Waals surface area contributed by atoms with E-state index in [0.29, 0.717) is 44.8 Å². The van der Waals surface area contributed by atoms with Gasteiger partial charge in [0, 0.05) is 42.2 Å². The van der Waals surface area contributed by atoms with E-state index in [1.165, 1.54) is 12.1 Å². The molecule has 0 saturated carbocycles. The summed E-state index contributed by atoms with van der Waals surface area (Å²) in [6, 6.07) is 51.3. The van der Waals surface area contributed by atoms with Crippen LogP contribution in [0.1, 0.15) is 97.0 Å². The zero-order valence-electron chi connectivity index (χ0n) is 47.0. The predicted octanol–water partition coefficient (Wildman–Crippen LogP) is 16.2. The molecule has 0 aliphatic rings. The number of para-hydroxylation sites is 1. The maximum Gasteiger partial charge on any atom is 0.149 e. The Labute approximate surface area is 393 Å². The smallest absolute Gasteiger partial charge is 0.149 e. The molecule has 0 aliphatic carbocycles. The van der Waals surface area contributed by atoms with Crippen LogP contribution in [0.3, 0.4) is 0 Å². The van der Waals surface area contributed by atoms with E-state index < -0.39 is 42.8 Å². The van der Waals surface area contributed by atoms with Gasteiger partial charge in [-0.05, 0) is 128 Å². The number of pyridine rings is 1. The summed E-state index contributed by atoms with van der Waals surface area (Å²) < 4.78 is 87.8. The lowest BCUT2D eigenvalue weighted by atomic mass is 9.84. The lowest BCUT2D eigenvalue weighted by Crippen LogP contribution is -2.13. The van der Waals surface area contributed by atoms with Gasteiger partial charge in [0.05, 0.1) is 28.0 Å². The van der Waals surface area contributed by atoms with E-state index in [1.54, 1.807) is 36.5 Å².